The number of halogens is 1. The minimum Gasteiger partial charge on any atom is -0.452 e. The summed E-state index contributed by atoms with van der Waals surface area (Å²) < 4.78 is 31.1. The van der Waals surface area contributed by atoms with E-state index >= 15 is 0 Å². The maximum Gasteiger partial charge on any atom is 0.340 e. The Kier molecular flexibility index (Phi) is 7.63. The quantitative estimate of drug-likeness (QED) is 0.487. The molecule has 0 heterocycles. The number of carbonyl (C=O) groups excluding carboxylic acids is 2. The van der Waals surface area contributed by atoms with Crippen molar-refractivity contribution in [2.24, 2.45) is 0 Å². The van der Waals surface area contributed by atoms with Gasteiger partial charge in [-0.05, 0) is 48.9 Å². The summed E-state index contributed by atoms with van der Waals surface area (Å²) in [5.41, 5.74) is 2.45. The summed E-state index contributed by atoms with van der Waals surface area (Å²) in [5, 5.41) is 2.75. The van der Waals surface area contributed by atoms with Gasteiger partial charge in [0, 0.05) is 5.69 Å². The summed E-state index contributed by atoms with van der Waals surface area (Å²) >= 11 is 6.01. The Hall–Kier alpha value is -3.20. The smallest absolute Gasteiger partial charge is 0.340 e. The third-order valence-electron chi connectivity index (χ3n) is 4.60. The van der Waals surface area contributed by atoms with E-state index in [2.05, 4.69) is 10.0 Å². The van der Waals surface area contributed by atoms with Crippen molar-refractivity contribution >= 4 is 39.2 Å². The highest BCUT2D eigenvalue weighted by Gasteiger charge is 2.19. The second-order valence-electron chi connectivity index (χ2n) is 6.79. The Morgan fingerprint density at radius 1 is 0.969 bits per heavy atom. The van der Waals surface area contributed by atoms with Crippen LogP contribution in [0.4, 0.5) is 5.69 Å². The number of carbonyl (C=O) groups is 2. The first-order valence-corrected chi connectivity index (χ1v) is 11.5. The van der Waals surface area contributed by atoms with Crippen LogP contribution in [-0.4, -0.2) is 33.9 Å². The second-order valence-corrected chi connectivity index (χ2v) is 9.09. The molecular formula is C23H21ClN2O5S. The van der Waals surface area contributed by atoms with Crippen molar-refractivity contribution in [3.8, 4) is 0 Å². The first-order chi connectivity index (χ1) is 15.3. The summed E-state index contributed by atoms with van der Waals surface area (Å²) in [5.74, 6) is -1.44. The van der Waals surface area contributed by atoms with Crippen molar-refractivity contribution in [3.05, 3.63) is 94.5 Å². The Morgan fingerprint density at radius 2 is 1.66 bits per heavy atom. The summed E-state index contributed by atoms with van der Waals surface area (Å²) in [7, 11) is -2.52. The van der Waals surface area contributed by atoms with Crippen LogP contribution in [0.15, 0.2) is 77.7 Å². The number of hydrogen-bond acceptors (Lipinski definition) is 5. The lowest BCUT2D eigenvalue weighted by Crippen LogP contribution is -2.22. The van der Waals surface area contributed by atoms with E-state index in [1.165, 1.54) is 19.2 Å². The molecule has 0 unspecified atom stereocenters. The maximum atomic E-state index is 12.4. The summed E-state index contributed by atoms with van der Waals surface area (Å²) in [6.45, 7) is -0.558. The average molecular weight is 473 g/mol. The van der Waals surface area contributed by atoms with E-state index < -0.39 is 28.5 Å². The minimum absolute atomic E-state index is 0.0127. The van der Waals surface area contributed by atoms with E-state index in [1.807, 2.05) is 42.5 Å². The number of ether oxygens (including phenoxy) is 1. The monoisotopic (exact) mass is 472 g/mol. The number of esters is 1. The molecule has 0 atom stereocenters. The van der Waals surface area contributed by atoms with Gasteiger partial charge in [0.2, 0.25) is 10.0 Å². The molecule has 0 saturated carbocycles. The first-order valence-electron chi connectivity index (χ1n) is 9.62. The molecule has 0 bridgehead atoms. The fraction of sp³-hybridized carbons (Fsp3) is 0.130. The van der Waals surface area contributed by atoms with Crippen molar-refractivity contribution < 1.29 is 22.7 Å². The molecule has 0 aliphatic carbocycles. The molecular weight excluding hydrogens is 452 g/mol. The van der Waals surface area contributed by atoms with Crippen LogP contribution >= 0.6 is 11.6 Å². The van der Waals surface area contributed by atoms with Crippen LogP contribution in [0.25, 0.3) is 0 Å². The average Bonchev–Trinajstić information content (AvgIpc) is 2.79. The van der Waals surface area contributed by atoms with Gasteiger partial charge in [-0.25, -0.2) is 17.9 Å². The van der Waals surface area contributed by atoms with Crippen LogP contribution in [0.3, 0.4) is 0 Å². The highest BCUT2D eigenvalue weighted by Crippen LogP contribution is 2.22. The molecule has 9 heteroatoms. The van der Waals surface area contributed by atoms with Crippen LogP contribution in [0.5, 0.6) is 0 Å². The minimum atomic E-state index is -3.77. The molecule has 3 aromatic carbocycles. The van der Waals surface area contributed by atoms with Crippen LogP contribution in [0, 0.1) is 0 Å². The number of rotatable bonds is 8. The molecule has 3 rings (SSSR count). The standard InChI is InChI=1S/C23H21ClN2O5S/c1-25-32(29,30)18-11-12-20(24)19(14-18)23(28)31-15-22(27)26-21-10-6-5-9-17(21)13-16-7-3-2-4-8-16/h2-12,14,25H,13,15H2,1H3,(H,26,27). The largest absolute Gasteiger partial charge is 0.452 e. The van der Waals surface area contributed by atoms with Gasteiger partial charge in [0.15, 0.2) is 6.61 Å². The molecule has 0 aliphatic heterocycles. The van der Waals surface area contributed by atoms with Gasteiger partial charge >= 0.3 is 5.97 Å². The van der Waals surface area contributed by atoms with Gasteiger partial charge < -0.3 is 10.1 Å². The summed E-state index contributed by atoms with van der Waals surface area (Å²) in [6, 6.07) is 20.8. The Bertz CT molecular complexity index is 1230. The maximum absolute atomic E-state index is 12.4. The van der Waals surface area contributed by atoms with Crippen molar-refractivity contribution in [2.45, 2.75) is 11.3 Å². The van der Waals surface area contributed by atoms with Gasteiger partial charge in [-0.1, -0.05) is 60.1 Å². The van der Waals surface area contributed by atoms with Gasteiger partial charge in [0.05, 0.1) is 15.5 Å². The SMILES string of the molecule is CNS(=O)(=O)c1ccc(Cl)c(C(=O)OCC(=O)Nc2ccccc2Cc2ccccc2)c1. The lowest BCUT2D eigenvalue weighted by atomic mass is 10.0. The Morgan fingerprint density at radius 3 is 2.38 bits per heavy atom. The zero-order valence-electron chi connectivity index (χ0n) is 17.2. The van der Waals surface area contributed by atoms with E-state index in [9.17, 15) is 18.0 Å². The third-order valence-corrected chi connectivity index (χ3v) is 6.34. The van der Waals surface area contributed by atoms with E-state index in [0.29, 0.717) is 12.1 Å². The molecule has 2 N–H and O–H groups in total. The second kappa shape index (κ2) is 10.4. The Balaban J connectivity index is 1.66. The topological polar surface area (TPSA) is 102 Å². The number of sulfonamides is 1. The molecule has 1 amide bonds. The molecule has 0 aromatic heterocycles. The molecule has 0 aliphatic rings. The van der Waals surface area contributed by atoms with Crippen molar-refractivity contribution in [3.63, 3.8) is 0 Å². The number of hydrogen-bond donors (Lipinski definition) is 2. The molecule has 32 heavy (non-hydrogen) atoms. The highest BCUT2D eigenvalue weighted by atomic mass is 35.5. The molecule has 166 valence electrons. The molecule has 0 saturated heterocycles. The predicted octanol–water partition coefficient (Wildman–Crippen LogP) is 3.63. The number of anilines is 1. The first kappa shape index (κ1) is 23.5. The zero-order chi connectivity index (χ0) is 23.1. The van der Waals surface area contributed by atoms with Crippen LogP contribution < -0.4 is 10.0 Å². The van der Waals surface area contributed by atoms with Gasteiger partial charge in [0.1, 0.15) is 0 Å². The van der Waals surface area contributed by atoms with Gasteiger partial charge in [0.25, 0.3) is 5.91 Å². The van der Waals surface area contributed by atoms with Crippen molar-refractivity contribution in [1.82, 2.24) is 4.72 Å². The lowest BCUT2D eigenvalue weighted by molar-refractivity contribution is -0.119. The van der Waals surface area contributed by atoms with E-state index in [0.717, 1.165) is 17.2 Å². The number of amides is 1. The summed E-state index contributed by atoms with van der Waals surface area (Å²) in [6.07, 6.45) is 0.624. The van der Waals surface area contributed by atoms with Crippen LogP contribution in [-0.2, 0) is 26.0 Å². The fourth-order valence-corrected chi connectivity index (χ4v) is 3.90. The predicted molar refractivity (Wildman–Crippen MR) is 122 cm³/mol. The molecule has 0 fully saturated rings. The normalized spacial score (nSPS) is 11.1. The van der Waals surface area contributed by atoms with Crippen LogP contribution in [0.1, 0.15) is 21.5 Å². The van der Waals surface area contributed by atoms with Gasteiger partial charge in [-0.15, -0.1) is 0 Å². The summed E-state index contributed by atoms with van der Waals surface area (Å²) in [4.78, 5) is 24.6. The third kappa shape index (κ3) is 5.94. The fourth-order valence-electron chi connectivity index (χ4n) is 2.95. The van der Waals surface area contributed by atoms with E-state index in [1.54, 1.807) is 12.1 Å². The molecule has 7 nitrogen and oxygen atoms in total. The van der Waals surface area contributed by atoms with Crippen molar-refractivity contribution in [2.75, 3.05) is 19.0 Å². The molecule has 0 radical (unpaired) electrons. The van der Waals surface area contributed by atoms with Crippen LogP contribution in [0.2, 0.25) is 5.02 Å². The van der Waals surface area contributed by atoms with Gasteiger partial charge in [-0.2, -0.15) is 0 Å². The highest BCUT2D eigenvalue weighted by molar-refractivity contribution is 7.89. The zero-order valence-corrected chi connectivity index (χ0v) is 18.7. The molecule has 0 spiro atoms. The number of nitrogens with one attached hydrogen (secondary N) is 2. The number of benzene rings is 3. The number of para-hydroxylation sites is 1. The van der Waals surface area contributed by atoms with E-state index in [-0.39, 0.29) is 15.5 Å². The van der Waals surface area contributed by atoms with Crippen molar-refractivity contribution in [1.29, 1.82) is 0 Å². The molecule has 3 aromatic rings. The lowest BCUT2D eigenvalue weighted by Gasteiger charge is -2.12. The van der Waals surface area contributed by atoms with Gasteiger partial charge in [-0.3, -0.25) is 4.79 Å². The van der Waals surface area contributed by atoms with E-state index in [4.69, 9.17) is 16.3 Å². The Labute approximate surface area is 191 Å².